The summed E-state index contributed by atoms with van der Waals surface area (Å²) in [5.41, 5.74) is 2.55. The lowest BCUT2D eigenvalue weighted by atomic mass is 9.98. The molecule has 1 N–H and O–H groups in total. The van der Waals surface area contributed by atoms with Crippen LogP contribution < -0.4 is 14.2 Å². The standard InChI is InChI=1S/C19H22N2O6/c1-7-11-15(13(10-20-27-6)21-16(11)19(22)26-5)12-8-9-14(23-2)18(25-4)17(12)24-3/h7-10,21H,1H2,2-6H3/b20-10+. The minimum Gasteiger partial charge on any atom is -0.493 e. The van der Waals surface area contributed by atoms with Crippen LogP contribution in [0.3, 0.4) is 0 Å². The van der Waals surface area contributed by atoms with Crippen LogP contribution >= 0.6 is 0 Å². The molecule has 0 bridgehead atoms. The van der Waals surface area contributed by atoms with Crippen LogP contribution in [-0.4, -0.2) is 52.7 Å². The van der Waals surface area contributed by atoms with Gasteiger partial charge in [0, 0.05) is 16.7 Å². The third kappa shape index (κ3) is 3.59. The van der Waals surface area contributed by atoms with Crippen LogP contribution in [0.4, 0.5) is 0 Å². The minimum absolute atomic E-state index is 0.233. The molecule has 144 valence electrons. The summed E-state index contributed by atoms with van der Waals surface area (Å²) >= 11 is 0. The summed E-state index contributed by atoms with van der Waals surface area (Å²) < 4.78 is 21.2. The predicted molar refractivity (Wildman–Crippen MR) is 102 cm³/mol. The number of methoxy groups -OCH3 is 4. The van der Waals surface area contributed by atoms with Crippen molar-refractivity contribution in [1.29, 1.82) is 0 Å². The number of hydrogen-bond acceptors (Lipinski definition) is 7. The quantitative estimate of drug-likeness (QED) is 0.434. The van der Waals surface area contributed by atoms with Crippen LogP contribution in [0, 0.1) is 0 Å². The Kier molecular flexibility index (Phi) is 6.48. The van der Waals surface area contributed by atoms with E-state index in [1.165, 1.54) is 41.8 Å². The molecule has 0 radical (unpaired) electrons. The van der Waals surface area contributed by atoms with Gasteiger partial charge >= 0.3 is 5.97 Å². The van der Waals surface area contributed by atoms with Crippen molar-refractivity contribution in [3.63, 3.8) is 0 Å². The van der Waals surface area contributed by atoms with Crippen molar-refractivity contribution >= 4 is 18.3 Å². The van der Waals surface area contributed by atoms with E-state index in [1.807, 2.05) is 0 Å². The fraction of sp³-hybridized carbons (Fsp3) is 0.263. The molecule has 2 aromatic rings. The molecule has 1 aromatic heterocycles. The summed E-state index contributed by atoms with van der Waals surface area (Å²) in [5.74, 6) is 0.821. The fourth-order valence-corrected chi connectivity index (χ4v) is 2.79. The van der Waals surface area contributed by atoms with Gasteiger partial charge in [-0.25, -0.2) is 4.79 Å². The normalized spacial score (nSPS) is 10.6. The third-order valence-electron chi connectivity index (χ3n) is 3.92. The number of rotatable bonds is 8. The van der Waals surface area contributed by atoms with E-state index < -0.39 is 5.97 Å². The Hall–Kier alpha value is -3.42. The number of aromatic nitrogens is 1. The molecule has 0 spiro atoms. The Morgan fingerprint density at radius 3 is 2.30 bits per heavy atom. The first-order chi connectivity index (χ1) is 13.1. The molecule has 0 aliphatic carbocycles. The van der Waals surface area contributed by atoms with E-state index in [4.69, 9.17) is 23.8 Å². The Bertz CT molecular complexity index is 870. The summed E-state index contributed by atoms with van der Waals surface area (Å²) in [4.78, 5) is 20.0. The Morgan fingerprint density at radius 2 is 1.78 bits per heavy atom. The van der Waals surface area contributed by atoms with Crippen molar-refractivity contribution in [1.82, 2.24) is 4.98 Å². The molecule has 0 atom stereocenters. The van der Waals surface area contributed by atoms with E-state index in [9.17, 15) is 4.79 Å². The molecule has 0 fully saturated rings. The second-order valence-corrected chi connectivity index (χ2v) is 5.20. The second-order valence-electron chi connectivity index (χ2n) is 5.20. The van der Waals surface area contributed by atoms with Crippen molar-refractivity contribution in [3.8, 4) is 28.4 Å². The van der Waals surface area contributed by atoms with Crippen LogP contribution in [0.2, 0.25) is 0 Å². The average molecular weight is 374 g/mol. The molecule has 0 unspecified atom stereocenters. The number of hydrogen-bond donors (Lipinski definition) is 1. The van der Waals surface area contributed by atoms with E-state index in [0.717, 1.165) is 0 Å². The van der Waals surface area contributed by atoms with Crippen molar-refractivity contribution in [2.45, 2.75) is 0 Å². The third-order valence-corrected chi connectivity index (χ3v) is 3.92. The lowest BCUT2D eigenvalue weighted by Crippen LogP contribution is -2.03. The number of carbonyl (C=O) groups excluding carboxylic acids is 1. The smallest absolute Gasteiger partial charge is 0.355 e. The van der Waals surface area contributed by atoms with Gasteiger partial charge in [0.15, 0.2) is 11.5 Å². The predicted octanol–water partition coefficient (Wildman–Crippen LogP) is 3.12. The number of esters is 1. The van der Waals surface area contributed by atoms with E-state index >= 15 is 0 Å². The van der Waals surface area contributed by atoms with E-state index in [0.29, 0.717) is 39.6 Å². The Balaban J connectivity index is 2.88. The van der Waals surface area contributed by atoms with Crippen LogP contribution in [0.15, 0.2) is 23.9 Å². The molecule has 1 heterocycles. The molecule has 0 saturated carbocycles. The highest BCUT2D eigenvalue weighted by Gasteiger charge is 2.26. The summed E-state index contributed by atoms with van der Waals surface area (Å²) in [6, 6.07) is 3.53. The maximum atomic E-state index is 12.2. The van der Waals surface area contributed by atoms with E-state index in [1.54, 1.807) is 18.2 Å². The molecule has 27 heavy (non-hydrogen) atoms. The first-order valence-electron chi connectivity index (χ1n) is 7.90. The summed E-state index contributed by atoms with van der Waals surface area (Å²) in [6.45, 7) is 3.82. The van der Waals surface area contributed by atoms with Gasteiger partial charge < -0.3 is 28.8 Å². The van der Waals surface area contributed by atoms with Gasteiger partial charge in [-0.05, 0) is 12.1 Å². The maximum absolute atomic E-state index is 12.2. The highest BCUT2D eigenvalue weighted by Crippen LogP contribution is 2.46. The van der Waals surface area contributed by atoms with Crippen molar-refractivity contribution in [2.75, 3.05) is 35.5 Å². The van der Waals surface area contributed by atoms with Crippen molar-refractivity contribution in [2.24, 2.45) is 5.16 Å². The number of carbonyl (C=O) groups is 1. The Morgan fingerprint density at radius 1 is 1.07 bits per heavy atom. The molecule has 0 aliphatic heterocycles. The van der Waals surface area contributed by atoms with E-state index in [-0.39, 0.29) is 5.69 Å². The van der Waals surface area contributed by atoms with Crippen LogP contribution in [0.5, 0.6) is 17.2 Å². The highest BCUT2D eigenvalue weighted by atomic mass is 16.6. The number of H-pyrrole nitrogens is 1. The number of aromatic amines is 1. The SMILES string of the molecule is C=Cc1c(C(=O)OC)[nH]c(/C=N/OC)c1-c1ccc(OC)c(OC)c1OC. The number of nitrogens with zero attached hydrogens (tertiary/aromatic N) is 1. The van der Waals surface area contributed by atoms with Gasteiger partial charge in [0.25, 0.3) is 0 Å². The first kappa shape index (κ1) is 19.9. The van der Waals surface area contributed by atoms with Crippen LogP contribution in [-0.2, 0) is 9.57 Å². The monoisotopic (exact) mass is 374 g/mol. The average Bonchev–Trinajstić information content (AvgIpc) is 3.08. The lowest BCUT2D eigenvalue weighted by molar-refractivity contribution is 0.0594. The Labute approximate surface area is 157 Å². The molecule has 2 rings (SSSR count). The zero-order valence-electron chi connectivity index (χ0n) is 15.9. The molecule has 0 saturated heterocycles. The number of ether oxygens (including phenoxy) is 4. The summed E-state index contributed by atoms with van der Waals surface area (Å²) in [6.07, 6.45) is 3.00. The fourth-order valence-electron chi connectivity index (χ4n) is 2.79. The molecular weight excluding hydrogens is 352 g/mol. The van der Waals surface area contributed by atoms with Gasteiger partial charge in [0.2, 0.25) is 5.75 Å². The van der Waals surface area contributed by atoms with Crippen molar-refractivity contribution in [3.05, 3.63) is 35.7 Å². The maximum Gasteiger partial charge on any atom is 0.355 e. The molecule has 1 aromatic carbocycles. The number of nitrogens with one attached hydrogen (secondary N) is 1. The molecular formula is C19H22N2O6. The summed E-state index contributed by atoms with van der Waals surface area (Å²) in [5, 5.41) is 3.79. The van der Waals surface area contributed by atoms with Gasteiger partial charge in [-0.1, -0.05) is 17.8 Å². The molecule has 0 amide bonds. The van der Waals surface area contributed by atoms with Crippen molar-refractivity contribution < 1.29 is 28.6 Å². The van der Waals surface area contributed by atoms with Crippen LogP contribution in [0.25, 0.3) is 17.2 Å². The zero-order chi connectivity index (χ0) is 20.0. The lowest BCUT2D eigenvalue weighted by Gasteiger charge is -2.16. The molecule has 0 aliphatic rings. The second kappa shape index (κ2) is 8.79. The zero-order valence-corrected chi connectivity index (χ0v) is 15.9. The summed E-state index contributed by atoms with van der Waals surface area (Å²) in [7, 11) is 7.30. The molecule has 8 heteroatoms. The molecule has 8 nitrogen and oxygen atoms in total. The van der Waals surface area contributed by atoms with E-state index in [2.05, 4.69) is 16.7 Å². The van der Waals surface area contributed by atoms with Gasteiger partial charge in [-0.3, -0.25) is 0 Å². The topological polar surface area (TPSA) is 91.4 Å². The van der Waals surface area contributed by atoms with Gasteiger partial charge in [0.1, 0.15) is 12.8 Å². The largest absolute Gasteiger partial charge is 0.493 e. The number of benzene rings is 1. The van der Waals surface area contributed by atoms with Gasteiger partial charge in [0.05, 0.1) is 40.3 Å². The minimum atomic E-state index is -0.539. The number of oxime groups is 1. The first-order valence-corrected chi connectivity index (χ1v) is 7.90. The van der Waals surface area contributed by atoms with Gasteiger partial charge in [-0.15, -0.1) is 0 Å². The highest BCUT2D eigenvalue weighted by molar-refractivity contribution is 6.03. The van der Waals surface area contributed by atoms with Crippen LogP contribution in [0.1, 0.15) is 21.7 Å². The van der Waals surface area contributed by atoms with Gasteiger partial charge in [-0.2, -0.15) is 0 Å².